The van der Waals surface area contributed by atoms with Gasteiger partial charge in [-0.2, -0.15) is 0 Å². The summed E-state index contributed by atoms with van der Waals surface area (Å²) in [4.78, 5) is 25.8. The molecule has 1 aromatic rings. The number of piperidine rings is 1. The van der Waals surface area contributed by atoms with Crippen molar-refractivity contribution in [2.45, 2.75) is 12.8 Å². The largest absolute Gasteiger partial charge is 0.355 e. The number of nitrogens with zero attached hydrogens (tertiary/aromatic N) is 1. The number of halogens is 2. The number of carbonyl (C=O) groups is 2. The highest BCUT2D eigenvalue weighted by Gasteiger charge is 2.26. The molecule has 1 unspecified atom stereocenters. The van der Waals surface area contributed by atoms with E-state index in [1.807, 2.05) is 4.90 Å². The maximum atomic E-state index is 13.5. The molecule has 8 heteroatoms. The van der Waals surface area contributed by atoms with Crippen LogP contribution in [-0.2, 0) is 9.59 Å². The van der Waals surface area contributed by atoms with Gasteiger partial charge in [-0.3, -0.25) is 14.5 Å². The molecule has 1 atom stereocenters. The van der Waals surface area contributed by atoms with Gasteiger partial charge in [-0.15, -0.1) is 0 Å². The standard InChI is InChI=1S/C16H22F2N4O2/c17-12-3-4-13(18)14(8-12)21-15(23)10-22-7-1-2-11(9-22)16(24)20-6-5-19/h3-4,8,11H,1-2,5-7,9-10,19H2,(H,20,24)(H,21,23). The average Bonchev–Trinajstić information content (AvgIpc) is 2.56. The summed E-state index contributed by atoms with van der Waals surface area (Å²) in [5.41, 5.74) is 5.17. The van der Waals surface area contributed by atoms with Crippen LogP contribution in [0.15, 0.2) is 18.2 Å². The molecular formula is C16H22F2N4O2. The molecule has 2 amide bonds. The van der Waals surface area contributed by atoms with Gasteiger partial charge in [0.1, 0.15) is 11.6 Å². The molecule has 1 aromatic carbocycles. The van der Waals surface area contributed by atoms with Gasteiger partial charge < -0.3 is 16.4 Å². The van der Waals surface area contributed by atoms with Crippen LogP contribution in [0.4, 0.5) is 14.5 Å². The quantitative estimate of drug-likeness (QED) is 0.711. The van der Waals surface area contributed by atoms with Gasteiger partial charge in [-0.25, -0.2) is 8.78 Å². The lowest BCUT2D eigenvalue weighted by molar-refractivity contribution is -0.127. The Labute approximate surface area is 139 Å². The van der Waals surface area contributed by atoms with E-state index in [2.05, 4.69) is 10.6 Å². The molecular weight excluding hydrogens is 318 g/mol. The minimum Gasteiger partial charge on any atom is -0.355 e. The van der Waals surface area contributed by atoms with Crippen LogP contribution in [0.25, 0.3) is 0 Å². The van der Waals surface area contributed by atoms with Crippen LogP contribution >= 0.6 is 0 Å². The van der Waals surface area contributed by atoms with Crippen LogP contribution in [0, 0.1) is 17.6 Å². The summed E-state index contributed by atoms with van der Waals surface area (Å²) < 4.78 is 26.7. The second kappa shape index (κ2) is 8.70. The van der Waals surface area contributed by atoms with E-state index in [0.29, 0.717) is 26.2 Å². The summed E-state index contributed by atoms with van der Waals surface area (Å²) in [5.74, 6) is -2.02. The Kier molecular flexibility index (Phi) is 6.62. The average molecular weight is 340 g/mol. The van der Waals surface area contributed by atoms with Crippen molar-refractivity contribution in [3.63, 3.8) is 0 Å². The van der Waals surface area contributed by atoms with Crippen LogP contribution in [0.3, 0.4) is 0 Å². The molecule has 24 heavy (non-hydrogen) atoms. The van der Waals surface area contributed by atoms with Gasteiger partial charge in [0.2, 0.25) is 11.8 Å². The lowest BCUT2D eigenvalue weighted by Gasteiger charge is -2.31. The first-order valence-electron chi connectivity index (χ1n) is 7.94. The SMILES string of the molecule is NCCNC(=O)C1CCCN(CC(=O)Nc2cc(F)ccc2F)C1. The van der Waals surface area contributed by atoms with E-state index in [1.165, 1.54) is 0 Å². The molecule has 1 saturated heterocycles. The van der Waals surface area contributed by atoms with Crippen molar-refractivity contribution < 1.29 is 18.4 Å². The number of rotatable bonds is 6. The minimum absolute atomic E-state index is 0.0244. The molecule has 1 aliphatic rings. The van der Waals surface area contributed by atoms with Crippen LogP contribution in [0.1, 0.15) is 12.8 Å². The number of carbonyl (C=O) groups excluding carboxylic acids is 2. The van der Waals surface area contributed by atoms with Gasteiger partial charge in [0.05, 0.1) is 18.2 Å². The Balaban J connectivity index is 1.87. The first kappa shape index (κ1) is 18.3. The Hall–Kier alpha value is -2.06. The summed E-state index contributed by atoms with van der Waals surface area (Å²) in [6.45, 7) is 1.96. The highest BCUT2D eigenvalue weighted by atomic mass is 19.1. The predicted molar refractivity (Wildman–Crippen MR) is 86.2 cm³/mol. The molecule has 132 valence electrons. The molecule has 0 saturated carbocycles. The van der Waals surface area contributed by atoms with E-state index >= 15 is 0 Å². The summed E-state index contributed by atoms with van der Waals surface area (Å²) in [7, 11) is 0. The van der Waals surface area contributed by atoms with Gasteiger partial charge >= 0.3 is 0 Å². The number of likely N-dealkylation sites (tertiary alicyclic amines) is 1. The van der Waals surface area contributed by atoms with E-state index in [-0.39, 0.29) is 24.1 Å². The van der Waals surface area contributed by atoms with E-state index in [0.717, 1.165) is 31.0 Å². The number of nitrogens with one attached hydrogen (secondary N) is 2. The molecule has 0 spiro atoms. The number of benzene rings is 1. The van der Waals surface area contributed by atoms with Gasteiger partial charge in [-0.05, 0) is 31.5 Å². The zero-order chi connectivity index (χ0) is 17.5. The molecule has 6 nitrogen and oxygen atoms in total. The van der Waals surface area contributed by atoms with Crippen molar-refractivity contribution in [2.24, 2.45) is 11.7 Å². The molecule has 2 rings (SSSR count). The van der Waals surface area contributed by atoms with Gasteiger partial charge in [0.25, 0.3) is 0 Å². The first-order chi connectivity index (χ1) is 11.5. The summed E-state index contributed by atoms with van der Waals surface area (Å²) >= 11 is 0. The third-order valence-corrected chi connectivity index (χ3v) is 3.89. The molecule has 0 aromatic heterocycles. The maximum Gasteiger partial charge on any atom is 0.238 e. The topological polar surface area (TPSA) is 87.5 Å². The molecule has 0 aliphatic carbocycles. The number of nitrogens with two attached hydrogens (primary N) is 1. The molecule has 0 bridgehead atoms. The van der Waals surface area contributed by atoms with Crippen LogP contribution in [-0.4, -0.2) is 49.4 Å². The van der Waals surface area contributed by atoms with E-state index in [4.69, 9.17) is 5.73 Å². The Bertz CT molecular complexity index is 597. The van der Waals surface area contributed by atoms with Crippen molar-refractivity contribution in [1.29, 1.82) is 0 Å². The van der Waals surface area contributed by atoms with E-state index < -0.39 is 17.5 Å². The van der Waals surface area contributed by atoms with Gasteiger partial charge in [0, 0.05) is 25.7 Å². The van der Waals surface area contributed by atoms with Crippen molar-refractivity contribution in [1.82, 2.24) is 10.2 Å². The highest BCUT2D eigenvalue weighted by Crippen LogP contribution is 2.18. The lowest BCUT2D eigenvalue weighted by Crippen LogP contribution is -2.46. The van der Waals surface area contributed by atoms with Crippen LogP contribution in [0.2, 0.25) is 0 Å². The monoisotopic (exact) mass is 340 g/mol. The zero-order valence-corrected chi connectivity index (χ0v) is 13.4. The fourth-order valence-corrected chi connectivity index (χ4v) is 2.74. The maximum absolute atomic E-state index is 13.5. The van der Waals surface area contributed by atoms with Crippen molar-refractivity contribution in [2.75, 3.05) is 38.0 Å². The third kappa shape index (κ3) is 5.24. The zero-order valence-electron chi connectivity index (χ0n) is 13.4. The fraction of sp³-hybridized carbons (Fsp3) is 0.500. The van der Waals surface area contributed by atoms with Crippen molar-refractivity contribution >= 4 is 17.5 Å². The number of anilines is 1. The Morgan fingerprint density at radius 1 is 1.33 bits per heavy atom. The predicted octanol–water partition coefficient (Wildman–Crippen LogP) is 0.690. The van der Waals surface area contributed by atoms with Crippen molar-refractivity contribution in [3.8, 4) is 0 Å². The van der Waals surface area contributed by atoms with Crippen LogP contribution < -0.4 is 16.4 Å². The van der Waals surface area contributed by atoms with E-state index in [9.17, 15) is 18.4 Å². The Morgan fingerprint density at radius 3 is 2.88 bits per heavy atom. The van der Waals surface area contributed by atoms with Gasteiger partial charge in [-0.1, -0.05) is 0 Å². The normalized spacial score (nSPS) is 18.2. The molecule has 0 radical (unpaired) electrons. The Morgan fingerprint density at radius 2 is 2.12 bits per heavy atom. The molecule has 1 fully saturated rings. The van der Waals surface area contributed by atoms with E-state index in [1.54, 1.807) is 0 Å². The smallest absolute Gasteiger partial charge is 0.238 e. The number of hydrogen-bond donors (Lipinski definition) is 3. The van der Waals surface area contributed by atoms with Crippen molar-refractivity contribution in [3.05, 3.63) is 29.8 Å². The fourth-order valence-electron chi connectivity index (χ4n) is 2.74. The summed E-state index contributed by atoms with van der Waals surface area (Å²) in [6.07, 6.45) is 1.55. The van der Waals surface area contributed by atoms with Gasteiger partial charge in [0.15, 0.2) is 0 Å². The molecule has 1 aliphatic heterocycles. The second-order valence-electron chi connectivity index (χ2n) is 5.83. The minimum atomic E-state index is -0.692. The third-order valence-electron chi connectivity index (χ3n) is 3.89. The summed E-state index contributed by atoms with van der Waals surface area (Å²) in [6, 6.07) is 2.89. The highest BCUT2D eigenvalue weighted by molar-refractivity contribution is 5.92. The van der Waals surface area contributed by atoms with Crippen LogP contribution in [0.5, 0.6) is 0 Å². The summed E-state index contributed by atoms with van der Waals surface area (Å²) in [5, 5.41) is 5.11. The number of amides is 2. The first-order valence-corrected chi connectivity index (χ1v) is 7.94. The molecule has 1 heterocycles. The molecule has 4 N–H and O–H groups in total. The second-order valence-corrected chi connectivity index (χ2v) is 5.83. The number of hydrogen-bond acceptors (Lipinski definition) is 4. The lowest BCUT2D eigenvalue weighted by atomic mass is 9.97.